The van der Waals surface area contributed by atoms with Crippen molar-refractivity contribution in [3.8, 4) is 5.75 Å². The number of hydrogen-bond donors (Lipinski definition) is 1. The van der Waals surface area contributed by atoms with Gasteiger partial charge in [0.15, 0.2) is 22.5 Å². The van der Waals surface area contributed by atoms with Crippen molar-refractivity contribution in [3.63, 3.8) is 0 Å². The maximum Gasteiger partial charge on any atom is 0.233 e. The maximum atomic E-state index is 13.8. The Hall–Kier alpha value is -2.39. The molecule has 0 unspecified atom stereocenters. The van der Waals surface area contributed by atoms with Gasteiger partial charge in [-0.25, -0.2) is 4.39 Å². The van der Waals surface area contributed by atoms with Crippen molar-refractivity contribution < 1.29 is 18.7 Å². The zero-order valence-corrected chi connectivity index (χ0v) is 17.2. The molecule has 29 heavy (non-hydrogen) atoms. The molecule has 3 rings (SSSR count). The largest absolute Gasteiger partial charge is 0.483 e. The van der Waals surface area contributed by atoms with Crippen LogP contribution in [0.5, 0.6) is 5.75 Å². The molecule has 0 saturated carbocycles. The Morgan fingerprint density at radius 2 is 2.34 bits per heavy atom. The number of ether oxygens (including phenoxy) is 2. The van der Waals surface area contributed by atoms with Gasteiger partial charge in [-0.3, -0.25) is 9.36 Å². The number of para-hydroxylation sites is 1. The number of nitrogens with one attached hydrogen (secondary N) is 1. The Balaban J connectivity index is 1.60. The smallest absolute Gasteiger partial charge is 0.233 e. The van der Waals surface area contributed by atoms with Gasteiger partial charge in [-0.05, 0) is 31.9 Å². The first kappa shape index (κ1) is 21.3. The summed E-state index contributed by atoms with van der Waals surface area (Å²) in [6.07, 6.45) is 3.82. The first-order valence-corrected chi connectivity index (χ1v) is 10.4. The van der Waals surface area contributed by atoms with E-state index >= 15 is 0 Å². The van der Waals surface area contributed by atoms with Crippen LogP contribution in [0.1, 0.15) is 25.6 Å². The van der Waals surface area contributed by atoms with Crippen LogP contribution in [0.3, 0.4) is 0 Å². The molecule has 0 aliphatic carbocycles. The van der Waals surface area contributed by atoms with E-state index in [1.165, 1.54) is 17.8 Å². The lowest BCUT2D eigenvalue weighted by molar-refractivity contribution is -0.120. The van der Waals surface area contributed by atoms with Crippen LogP contribution in [-0.2, 0) is 22.7 Å². The molecule has 2 aromatic rings. The highest BCUT2D eigenvalue weighted by molar-refractivity contribution is 8.00. The van der Waals surface area contributed by atoms with E-state index < -0.39 is 5.82 Å². The lowest BCUT2D eigenvalue weighted by atomic mass is 10.2. The van der Waals surface area contributed by atoms with Crippen LogP contribution in [0.15, 0.2) is 42.1 Å². The number of nitrogens with zero attached hydrogens (tertiary/aromatic N) is 3. The molecule has 1 aromatic carbocycles. The summed E-state index contributed by atoms with van der Waals surface area (Å²) in [4.78, 5) is 12.4. The van der Waals surface area contributed by atoms with Gasteiger partial charge in [0, 0.05) is 19.7 Å². The molecule has 0 spiro atoms. The molecule has 2 atom stereocenters. The number of halogens is 1. The fourth-order valence-corrected chi connectivity index (χ4v) is 3.81. The number of amides is 1. The number of carbonyl (C=O) groups excluding carboxylic acids is 1. The van der Waals surface area contributed by atoms with Crippen molar-refractivity contribution in [3.05, 3.63) is 48.6 Å². The molecule has 9 heteroatoms. The predicted molar refractivity (Wildman–Crippen MR) is 108 cm³/mol. The lowest BCUT2D eigenvalue weighted by Gasteiger charge is -2.15. The summed E-state index contributed by atoms with van der Waals surface area (Å²) in [7, 11) is 0. The van der Waals surface area contributed by atoms with E-state index in [1.807, 2.05) is 11.5 Å². The summed E-state index contributed by atoms with van der Waals surface area (Å²) in [6.45, 7) is 7.36. The molecule has 1 aliphatic heterocycles. The predicted octanol–water partition coefficient (Wildman–Crippen LogP) is 2.96. The monoisotopic (exact) mass is 420 g/mol. The summed E-state index contributed by atoms with van der Waals surface area (Å²) in [6, 6.07) is 6.19. The zero-order valence-electron chi connectivity index (χ0n) is 16.3. The first-order valence-electron chi connectivity index (χ1n) is 9.54. The summed E-state index contributed by atoms with van der Waals surface area (Å²) in [5.74, 6) is 0.163. The third kappa shape index (κ3) is 5.80. The number of thioether (sulfide) groups is 1. The van der Waals surface area contributed by atoms with E-state index in [9.17, 15) is 9.18 Å². The van der Waals surface area contributed by atoms with E-state index in [0.717, 1.165) is 19.4 Å². The van der Waals surface area contributed by atoms with E-state index in [1.54, 1.807) is 24.3 Å². The van der Waals surface area contributed by atoms with Crippen molar-refractivity contribution in [2.45, 2.75) is 49.4 Å². The lowest BCUT2D eigenvalue weighted by Crippen LogP contribution is -2.36. The van der Waals surface area contributed by atoms with Crippen molar-refractivity contribution in [2.75, 3.05) is 13.2 Å². The Morgan fingerprint density at radius 1 is 1.52 bits per heavy atom. The third-order valence-corrected chi connectivity index (χ3v) is 5.56. The fraction of sp³-hybridized carbons (Fsp3) is 0.450. The van der Waals surface area contributed by atoms with E-state index in [0.29, 0.717) is 24.1 Å². The average molecular weight is 421 g/mol. The van der Waals surface area contributed by atoms with Gasteiger partial charge >= 0.3 is 0 Å². The van der Waals surface area contributed by atoms with Crippen molar-refractivity contribution in [1.29, 1.82) is 0 Å². The molecule has 7 nitrogen and oxygen atoms in total. The van der Waals surface area contributed by atoms with Crippen molar-refractivity contribution >= 4 is 17.7 Å². The second-order valence-electron chi connectivity index (χ2n) is 6.66. The maximum absolute atomic E-state index is 13.8. The molecule has 2 heterocycles. The van der Waals surface area contributed by atoms with Gasteiger partial charge in [-0.2, -0.15) is 0 Å². The highest BCUT2D eigenvalue weighted by atomic mass is 32.2. The number of aromatic nitrogens is 3. The minimum Gasteiger partial charge on any atom is -0.483 e. The highest BCUT2D eigenvalue weighted by Gasteiger charge is 2.22. The number of carbonyl (C=O) groups is 1. The van der Waals surface area contributed by atoms with Crippen LogP contribution in [0.4, 0.5) is 4.39 Å². The molecule has 1 N–H and O–H groups in total. The van der Waals surface area contributed by atoms with Crippen molar-refractivity contribution in [1.82, 2.24) is 20.1 Å². The van der Waals surface area contributed by atoms with Crippen LogP contribution in [0.25, 0.3) is 0 Å². The topological polar surface area (TPSA) is 78.3 Å². The van der Waals surface area contributed by atoms with Crippen LogP contribution >= 0.6 is 11.8 Å². The normalized spacial score (nSPS) is 17.1. The van der Waals surface area contributed by atoms with Gasteiger partial charge in [-0.15, -0.1) is 16.8 Å². The summed E-state index contributed by atoms with van der Waals surface area (Å²) in [5, 5.41) is 11.5. The Morgan fingerprint density at radius 3 is 3.07 bits per heavy atom. The summed E-state index contributed by atoms with van der Waals surface area (Å²) >= 11 is 1.31. The number of allylic oxidation sites excluding steroid dienone is 1. The van der Waals surface area contributed by atoms with E-state index in [4.69, 9.17) is 9.47 Å². The second-order valence-corrected chi connectivity index (χ2v) is 7.97. The Bertz CT molecular complexity index is 839. The van der Waals surface area contributed by atoms with Crippen molar-refractivity contribution in [2.24, 2.45) is 0 Å². The molecule has 1 aliphatic rings. The molecule has 1 amide bonds. The van der Waals surface area contributed by atoms with Gasteiger partial charge in [0.2, 0.25) is 5.91 Å². The number of hydrogen-bond acceptors (Lipinski definition) is 6. The Kier molecular flexibility index (Phi) is 7.65. The summed E-state index contributed by atoms with van der Waals surface area (Å²) in [5.41, 5.74) is 0. The van der Waals surface area contributed by atoms with Crippen LogP contribution in [0.2, 0.25) is 0 Å². The minimum atomic E-state index is -0.437. The van der Waals surface area contributed by atoms with E-state index in [-0.39, 0.29) is 29.6 Å². The average Bonchev–Trinajstić information content (AvgIpc) is 3.36. The molecular weight excluding hydrogens is 395 g/mol. The molecule has 156 valence electrons. The molecular formula is C20H25FN4O3S. The van der Waals surface area contributed by atoms with Gasteiger partial charge in [0.1, 0.15) is 6.61 Å². The zero-order chi connectivity index (χ0) is 20.6. The minimum absolute atomic E-state index is 0.0575. The Labute approximate surface area is 173 Å². The quantitative estimate of drug-likeness (QED) is 0.470. The number of benzene rings is 1. The van der Waals surface area contributed by atoms with Crippen LogP contribution in [-0.4, -0.2) is 45.2 Å². The molecule has 1 saturated heterocycles. The summed E-state index contributed by atoms with van der Waals surface area (Å²) < 4.78 is 26.6. The van der Waals surface area contributed by atoms with Gasteiger partial charge in [-0.1, -0.05) is 30.0 Å². The third-order valence-electron chi connectivity index (χ3n) is 4.48. The van der Waals surface area contributed by atoms with Crippen LogP contribution in [0, 0.1) is 5.82 Å². The standard InChI is InChI=1S/C20H25FN4O3S/c1-3-10-25-18(13-28-17-9-5-4-8-16(17)21)23-24-20(25)29-14(2)19(26)22-12-15-7-6-11-27-15/h3-5,8-9,14-15H,1,6-7,10-13H2,2H3,(H,22,26)/t14-,15+/m1/s1. The number of rotatable bonds is 10. The SMILES string of the molecule is C=CCn1c(COc2ccccc2F)nnc1S[C@H](C)C(=O)NC[C@@H]1CCCO1. The van der Waals surface area contributed by atoms with Gasteiger partial charge < -0.3 is 14.8 Å². The first-order chi connectivity index (χ1) is 14.1. The van der Waals surface area contributed by atoms with Gasteiger partial charge in [0.25, 0.3) is 0 Å². The second kappa shape index (κ2) is 10.4. The molecule has 0 bridgehead atoms. The molecule has 1 fully saturated rings. The fourth-order valence-electron chi connectivity index (χ4n) is 2.90. The molecule has 1 aromatic heterocycles. The van der Waals surface area contributed by atoms with Crippen LogP contribution < -0.4 is 10.1 Å². The molecule has 0 radical (unpaired) electrons. The van der Waals surface area contributed by atoms with Gasteiger partial charge in [0.05, 0.1) is 11.4 Å². The highest BCUT2D eigenvalue weighted by Crippen LogP contribution is 2.24. The van der Waals surface area contributed by atoms with E-state index in [2.05, 4.69) is 22.1 Å².